The Kier molecular flexibility index (Phi) is 4.26. The molecular weight excluding hydrogens is 332 g/mol. The first-order valence-corrected chi connectivity index (χ1v) is 9.05. The molecule has 1 heterocycles. The number of hydrazone groups is 1. The summed E-state index contributed by atoms with van der Waals surface area (Å²) in [6, 6.07) is 5.39. The Hall–Kier alpha value is -2.63. The maximum absolute atomic E-state index is 12.7. The van der Waals surface area contributed by atoms with Gasteiger partial charge in [-0.15, -0.1) is 0 Å². The Labute approximate surface area is 152 Å². The van der Waals surface area contributed by atoms with Crippen LogP contribution < -0.4 is 9.47 Å². The largest absolute Gasteiger partial charge is 0.493 e. The lowest BCUT2D eigenvalue weighted by molar-refractivity contribution is -0.140. The number of ether oxygens (including phenoxy) is 2. The van der Waals surface area contributed by atoms with Crippen LogP contribution in [0.4, 0.5) is 0 Å². The number of carbonyl (C=O) groups excluding carboxylic acids is 2. The van der Waals surface area contributed by atoms with Crippen LogP contribution in [-0.2, 0) is 9.59 Å². The fourth-order valence-corrected chi connectivity index (χ4v) is 4.34. The van der Waals surface area contributed by atoms with E-state index in [0.29, 0.717) is 18.1 Å². The van der Waals surface area contributed by atoms with Crippen LogP contribution >= 0.6 is 0 Å². The van der Waals surface area contributed by atoms with Gasteiger partial charge in [0.05, 0.1) is 31.8 Å². The molecule has 2 amide bonds. The SMILES string of the molecule is CCOc1ccc(/C=N\N2C(=O)[C@H]3[C@H](C2=O)[C@H]2C=C[C@H]3CC2)cc1OC. The van der Waals surface area contributed by atoms with Gasteiger partial charge in [-0.3, -0.25) is 9.59 Å². The molecule has 2 fully saturated rings. The van der Waals surface area contributed by atoms with Crippen LogP contribution in [0.3, 0.4) is 0 Å². The lowest BCUT2D eigenvalue weighted by atomic mass is 9.63. The second kappa shape index (κ2) is 6.59. The first-order chi connectivity index (χ1) is 12.6. The Morgan fingerprint density at radius 3 is 2.31 bits per heavy atom. The van der Waals surface area contributed by atoms with E-state index in [9.17, 15) is 9.59 Å². The van der Waals surface area contributed by atoms with Gasteiger partial charge in [0, 0.05) is 0 Å². The van der Waals surface area contributed by atoms with E-state index >= 15 is 0 Å². The third-order valence-corrected chi connectivity index (χ3v) is 5.55. The van der Waals surface area contributed by atoms with Crippen molar-refractivity contribution in [1.82, 2.24) is 5.01 Å². The highest BCUT2D eigenvalue weighted by Crippen LogP contribution is 2.49. The number of methoxy groups -OCH3 is 1. The highest BCUT2D eigenvalue weighted by molar-refractivity contribution is 6.06. The van der Waals surface area contributed by atoms with E-state index in [-0.39, 0.29) is 35.5 Å². The van der Waals surface area contributed by atoms with Gasteiger partial charge in [0.25, 0.3) is 11.8 Å². The maximum atomic E-state index is 12.7. The Bertz CT molecular complexity index is 769. The van der Waals surface area contributed by atoms with Crippen molar-refractivity contribution in [1.29, 1.82) is 0 Å². The Balaban J connectivity index is 1.56. The van der Waals surface area contributed by atoms with Crippen molar-refractivity contribution in [2.24, 2.45) is 28.8 Å². The second-order valence-electron chi connectivity index (χ2n) is 6.92. The van der Waals surface area contributed by atoms with Gasteiger partial charge in [-0.05, 0) is 55.4 Å². The van der Waals surface area contributed by atoms with Crippen LogP contribution in [0, 0.1) is 23.7 Å². The number of hydrogen-bond acceptors (Lipinski definition) is 5. The van der Waals surface area contributed by atoms with Crippen molar-refractivity contribution in [3.63, 3.8) is 0 Å². The normalized spacial score (nSPS) is 29.5. The number of rotatable bonds is 5. The molecule has 4 atom stereocenters. The van der Waals surface area contributed by atoms with E-state index in [1.165, 1.54) is 6.21 Å². The molecule has 4 aliphatic rings. The number of allylic oxidation sites excluding steroid dienone is 2. The minimum Gasteiger partial charge on any atom is -0.493 e. The molecule has 0 N–H and O–H groups in total. The number of nitrogens with zero attached hydrogens (tertiary/aromatic N) is 2. The molecular formula is C20H22N2O4. The van der Waals surface area contributed by atoms with Crippen LogP contribution in [0.25, 0.3) is 0 Å². The lowest BCUT2D eigenvalue weighted by Gasteiger charge is -2.37. The Morgan fingerprint density at radius 1 is 1.12 bits per heavy atom. The van der Waals surface area contributed by atoms with Gasteiger partial charge in [-0.2, -0.15) is 10.1 Å². The van der Waals surface area contributed by atoms with Crippen molar-refractivity contribution in [2.45, 2.75) is 19.8 Å². The molecule has 1 saturated carbocycles. The van der Waals surface area contributed by atoms with E-state index in [1.807, 2.05) is 13.0 Å². The third kappa shape index (κ3) is 2.60. The molecule has 1 aromatic rings. The number of hydrogen-bond donors (Lipinski definition) is 0. The predicted molar refractivity (Wildman–Crippen MR) is 95.9 cm³/mol. The van der Waals surface area contributed by atoms with Crippen molar-refractivity contribution in [3.05, 3.63) is 35.9 Å². The highest BCUT2D eigenvalue weighted by Gasteiger charge is 2.56. The molecule has 3 aliphatic carbocycles. The van der Waals surface area contributed by atoms with Gasteiger partial charge >= 0.3 is 0 Å². The van der Waals surface area contributed by atoms with E-state index in [2.05, 4.69) is 17.3 Å². The number of imide groups is 1. The van der Waals surface area contributed by atoms with Crippen LogP contribution in [0.5, 0.6) is 11.5 Å². The molecule has 136 valence electrons. The zero-order chi connectivity index (χ0) is 18.3. The third-order valence-electron chi connectivity index (χ3n) is 5.55. The van der Waals surface area contributed by atoms with Crippen molar-refractivity contribution in [2.75, 3.05) is 13.7 Å². The molecule has 0 radical (unpaired) electrons. The average Bonchev–Trinajstić information content (AvgIpc) is 2.95. The molecule has 1 saturated heterocycles. The van der Waals surface area contributed by atoms with Crippen LogP contribution in [0.1, 0.15) is 25.3 Å². The summed E-state index contributed by atoms with van der Waals surface area (Å²) >= 11 is 0. The second-order valence-corrected chi connectivity index (χ2v) is 6.92. The molecule has 0 spiro atoms. The van der Waals surface area contributed by atoms with Gasteiger partial charge in [0.1, 0.15) is 0 Å². The summed E-state index contributed by atoms with van der Waals surface area (Å²) in [5.41, 5.74) is 0.738. The number of fused-ring (bicyclic) bond motifs is 1. The standard InChI is InChI=1S/C20H22N2O4/c1-3-26-15-9-4-12(10-16(15)25-2)11-21-22-19(23)17-13-5-6-14(8-7-13)18(17)20(22)24/h4-6,9-11,13-14,17-18H,3,7-8H2,1-2H3/b21-11-/t13-,14-,17+,18+/m0/s1. The molecule has 5 rings (SSSR count). The molecule has 6 heteroatoms. The molecule has 0 unspecified atom stereocenters. The molecule has 26 heavy (non-hydrogen) atoms. The predicted octanol–water partition coefficient (Wildman–Crippen LogP) is 2.63. The summed E-state index contributed by atoms with van der Waals surface area (Å²) in [6.07, 6.45) is 7.70. The van der Waals surface area contributed by atoms with Gasteiger partial charge in [0.15, 0.2) is 11.5 Å². The number of benzene rings is 1. The summed E-state index contributed by atoms with van der Waals surface area (Å²) in [6.45, 7) is 2.44. The fourth-order valence-electron chi connectivity index (χ4n) is 4.34. The average molecular weight is 354 g/mol. The van der Waals surface area contributed by atoms with Crippen LogP contribution in [0.15, 0.2) is 35.5 Å². The summed E-state index contributed by atoms with van der Waals surface area (Å²) in [7, 11) is 1.57. The van der Waals surface area contributed by atoms with E-state index < -0.39 is 0 Å². The summed E-state index contributed by atoms with van der Waals surface area (Å²) < 4.78 is 10.8. The topological polar surface area (TPSA) is 68.2 Å². The highest BCUT2D eigenvalue weighted by atomic mass is 16.5. The Morgan fingerprint density at radius 2 is 1.77 bits per heavy atom. The fraction of sp³-hybridized carbons (Fsp3) is 0.450. The first-order valence-electron chi connectivity index (χ1n) is 9.05. The number of carbonyl (C=O) groups is 2. The van der Waals surface area contributed by atoms with E-state index in [4.69, 9.17) is 9.47 Å². The molecule has 2 bridgehead atoms. The van der Waals surface area contributed by atoms with E-state index in [0.717, 1.165) is 23.4 Å². The summed E-state index contributed by atoms with van der Waals surface area (Å²) in [5, 5.41) is 5.28. The van der Waals surface area contributed by atoms with Crippen molar-refractivity contribution in [3.8, 4) is 11.5 Å². The van der Waals surface area contributed by atoms with Crippen molar-refractivity contribution >= 4 is 18.0 Å². The first kappa shape index (κ1) is 16.8. The zero-order valence-electron chi connectivity index (χ0n) is 14.9. The minimum absolute atomic E-state index is 0.173. The smallest absolute Gasteiger partial charge is 0.254 e. The lowest BCUT2D eigenvalue weighted by Crippen LogP contribution is -2.38. The van der Waals surface area contributed by atoms with E-state index in [1.54, 1.807) is 19.2 Å². The minimum atomic E-state index is -0.238. The van der Waals surface area contributed by atoms with Gasteiger partial charge < -0.3 is 9.47 Å². The quantitative estimate of drug-likeness (QED) is 0.463. The van der Waals surface area contributed by atoms with Gasteiger partial charge in [-0.25, -0.2) is 0 Å². The zero-order valence-corrected chi connectivity index (χ0v) is 14.9. The molecule has 1 aromatic carbocycles. The molecule has 0 aromatic heterocycles. The monoisotopic (exact) mass is 354 g/mol. The summed E-state index contributed by atoms with van der Waals surface area (Å²) in [5.74, 6) is 0.761. The van der Waals surface area contributed by atoms with Crippen molar-refractivity contribution < 1.29 is 19.1 Å². The molecule has 6 nitrogen and oxygen atoms in total. The maximum Gasteiger partial charge on any atom is 0.254 e. The molecule has 1 aliphatic heterocycles. The van der Waals surface area contributed by atoms with Gasteiger partial charge in [0.2, 0.25) is 0 Å². The van der Waals surface area contributed by atoms with Gasteiger partial charge in [-0.1, -0.05) is 12.2 Å². The number of amides is 2. The van der Waals surface area contributed by atoms with Crippen LogP contribution in [-0.4, -0.2) is 36.8 Å². The summed E-state index contributed by atoms with van der Waals surface area (Å²) in [4.78, 5) is 25.5. The van der Waals surface area contributed by atoms with Crippen LogP contribution in [0.2, 0.25) is 0 Å².